The van der Waals surface area contributed by atoms with Crippen molar-refractivity contribution in [2.75, 3.05) is 7.05 Å². The molecule has 0 spiro atoms. The number of fused-ring (bicyclic) bond motifs is 1. The summed E-state index contributed by atoms with van der Waals surface area (Å²) in [6.07, 6.45) is 4.95. The van der Waals surface area contributed by atoms with Gasteiger partial charge in [0.05, 0.1) is 0 Å². The maximum Gasteiger partial charge on any atom is 0.242 e. The van der Waals surface area contributed by atoms with Crippen molar-refractivity contribution in [2.45, 2.75) is 52.1 Å². The lowest BCUT2D eigenvalue weighted by Crippen LogP contribution is -2.44. The van der Waals surface area contributed by atoms with Crippen LogP contribution in [0.5, 0.6) is 0 Å². The Morgan fingerprint density at radius 1 is 1.27 bits per heavy atom. The van der Waals surface area contributed by atoms with Crippen molar-refractivity contribution in [1.29, 1.82) is 0 Å². The van der Waals surface area contributed by atoms with Crippen molar-refractivity contribution in [3.8, 4) is 0 Å². The van der Waals surface area contributed by atoms with Gasteiger partial charge in [0.1, 0.15) is 6.54 Å². The van der Waals surface area contributed by atoms with E-state index in [4.69, 9.17) is 0 Å². The first-order valence-electron chi connectivity index (χ1n) is 8.38. The van der Waals surface area contributed by atoms with Gasteiger partial charge in [0.25, 0.3) is 0 Å². The van der Waals surface area contributed by atoms with E-state index >= 15 is 0 Å². The largest absolute Gasteiger partial charge is 0.341 e. The highest BCUT2D eigenvalue weighted by molar-refractivity contribution is 5.84. The molecule has 1 aromatic heterocycles. The molecule has 1 aliphatic carbocycles. The van der Waals surface area contributed by atoms with Crippen LogP contribution in [0, 0.1) is 12.8 Å². The maximum atomic E-state index is 12.8. The molecule has 2 atom stereocenters. The second kappa shape index (κ2) is 6.15. The first kappa shape index (κ1) is 15.1. The van der Waals surface area contributed by atoms with Crippen molar-refractivity contribution in [2.24, 2.45) is 5.92 Å². The summed E-state index contributed by atoms with van der Waals surface area (Å²) in [5.74, 6) is 0.841. The first-order chi connectivity index (χ1) is 10.6. The van der Waals surface area contributed by atoms with Gasteiger partial charge < -0.3 is 9.47 Å². The highest BCUT2D eigenvalue weighted by Gasteiger charge is 2.28. The molecule has 0 N–H and O–H groups in total. The van der Waals surface area contributed by atoms with Crippen LogP contribution in [0.4, 0.5) is 0 Å². The minimum atomic E-state index is 0.225. The lowest BCUT2D eigenvalue weighted by molar-refractivity contribution is -0.134. The average Bonchev–Trinajstić information content (AvgIpc) is 2.83. The molecule has 1 heterocycles. The lowest BCUT2D eigenvalue weighted by Gasteiger charge is -2.36. The summed E-state index contributed by atoms with van der Waals surface area (Å²) >= 11 is 0. The van der Waals surface area contributed by atoms with Gasteiger partial charge in [-0.2, -0.15) is 0 Å². The van der Waals surface area contributed by atoms with E-state index in [9.17, 15) is 4.79 Å². The van der Waals surface area contributed by atoms with Crippen LogP contribution in [0.2, 0.25) is 0 Å². The number of aryl methyl sites for hydroxylation is 1. The quantitative estimate of drug-likeness (QED) is 0.841. The summed E-state index contributed by atoms with van der Waals surface area (Å²) in [7, 11) is 1.98. The van der Waals surface area contributed by atoms with E-state index in [1.165, 1.54) is 24.6 Å². The van der Waals surface area contributed by atoms with Crippen LogP contribution in [0.1, 0.15) is 38.3 Å². The molecule has 1 aliphatic rings. The van der Waals surface area contributed by atoms with Gasteiger partial charge in [-0.15, -0.1) is 0 Å². The van der Waals surface area contributed by atoms with Gasteiger partial charge in [0.2, 0.25) is 5.91 Å². The zero-order chi connectivity index (χ0) is 15.7. The van der Waals surface area contributed by atoms with Crippen molar-refractivity contribution in [3.63, 3.8) is 0 Å². The molecule has 0 saturated heterocycles. The number of aromatic nitrogens is 1. The molecule has 0 bridgehead atoms. The Hall–Kier alpha value is -1.77. The average molecular weight is 298 g/mol. The van der Waals surface area contributed by atoms with Crippen LogP contribution < -0.4 is 0 Å². The minimum absolute atomic E-state index is 0.225. The maximum absolute atomic E-state index is 12.8. The van der Waals surface area contributed by atoms with Gasteiger partial charge in [0.15, 0.2) is 0 Å². The molecule has 1 saturated carbocycles. The van der Waals surface area contributed by atoms with E-state index in [0.717, 1.165) is 17.6 Å². The molecular formula is C19H26N2O. The van der Waals surface area contributed by atoms with E-state index < -0.39 is 0 Å². The summed E-state index contributed by atoms with van der Waals surface area (Å²) in [6.45, 7) is 4.81. The van der Waals surface area contributed by atoms with Crippen LogP contribution in [0.25, 0.3) is 10.9 Å². The number of rotatable bonds is 3. The van der Waals surface area contributed by atoms with Gasteiger partial charge in [0, 0.05) is 24.3 Å². The van der Waals surface area contributed by atoms with Gasteiger partial charge in [-0.1, -0.05) is 38.0 Å². The molecule has 1 fully saturated rings. The number of likely N-dealkylation sites (N-methyl/N-ethyl adjacent to an activating group) is 1. The summed E-state index contributed by atoms with van der Waals surface area (Å²) in [6, 6.07) is 10.9. The Bertz CT molecular complexity index is 673. The number of hydrogen-bond donors (Lipinski definition) is 0. The van der Waals surface area contributed by atoms with Gasteiger partial charge >= 0.3 is 0 Å². The Labute approximate surface area is 132 Å². The van der Waals surface area contributed by atoms with Crippen molar-refractivity contribution in [3.05, 3.63) is 36.0 Å². The third-order valence-electron chi connectivity index (χ3n) is 5.27. The fourth-order valence-electron chi connectivity index (χ4n) is 3.86. The first-order valence-corrected chi connectivity index (χ1v) is 8.38. The Morgan fingerprint density at radius 2 is 2.00 bits per heavy atom. The van der Waals surface area contributed by atoms with E-state index in [-0.39, 0.29) is 5.91 Å². The summed E-state index contributed by atoms with van der Waals surface area (Å²) in [4.78, 5) is 14.8. The van der Waals surface area contributed by atoms with Gasteiger partial charge in [-0.3, -0.25) is 4.79 Å². The zero-order valence-electron chi connectivity index (χ0n) is 13.9. The highest BCUT2D eigenvalue weighted by Crippen LogP contribution is 2.28. The van der Waals surface area contributed by atoms with Crippen LogP contribution in [-0.4, -0.2) is 28.5 Å². The topological polar surface area (TPSA) is 25.2 Å². The van der Waals surface area contributed by atoms with E-state index in [0.29, 0.717) is 18.5 Å². The van der Waals surface area contributed by atoms with E-state index in [2.05, 4.69) is 36.6 Å². The molecule has 3 heteroatoms. The van der Waals surface area contributed by atoms with Crippen LogP contribution in [0.3, 0.4) is 0 Å². The molecule has 2 unspecified atom stereocenters. The van der Waals surface area contributed by atoms with Crippen LogP contribution >= 0.6 is 0 Å². The molecule has 1 amide bonds. The SMILES string of the molecule is Cc1cc2ccccc2n1CC(=O)N(C)C1CCCCC1C. The molecule has 118 valence electrons. The predicted octanol–water partition coefficient (Wildman–Crippen LogP) is 3.99. The standard InChI is InChI=1S/C19H26N2O/c1-14-8-4-6-10-17(14)20(3)19(22)13-21-15(2)12-16-9-5-7-11-18(16)21/h5,7,9,11-12,14,17H,4,6,8,10,13H2,1-3H3. The van der Waals surface area contributed by atoms with Crippen molar-refractivity contribution >= 4 is 16.8 Å². The molecule has 1 aromatic carbocycles. The summed E-state index contributed by atoms with van der Waals surface area (Å²) in [5, 5.41) is 1.21. The highest BCUT2D eigenvalue weighted by atomic mass is 16.2. The Balaban J connectivity index is 1.79. The molecular weight excluding hydrogens is 272 g/mol. The Morgan fingerprint density at radius 3 is 2.77 bits per heavy atom. The number of carbonyl (C=O) groups is 1. The number of hydrogen-bond acceptors (Lipinski definition) is 1. The second-order valence-corrected chi connectivity index (χ2v) is 6.76. The number of amides is 1. The monoisotopic (exact) mass is 298 g/mol. The van der Waals surface area contributed by atoms with Crippen molar-refractivity contribution < 1.29 is 4.79 Å². The normalized spacial score (nSPS) is 22.0. The third-order valence-corrected chi connectivity index (χ3v) is 5.27. The van der Waals surface area contributed by atoms with E-state index in [1.807, 2.05) is 24.1 Å². The second-order valence-electron chi connectivity index (χ2n) is 6.76. The van der Waals surface area contributed by atoms with Crippen molar-refractivity contribution in [1.82, 2.24) is 9.47 Å². The van der Waals surface area contributed by atoms with Gasteiger partial charge in [-0.05, 0) is 43.2 Å². The fraction of sp³-hybridized carbons (Fsp3) is 0.526. The van der Waals surface area contributed by atoms with E-state index in [1.54, 1.807) is 0 Å². The zero-order valence-corrected chi connectivity index (χ0v) is 13.9. The number of benzene rings is 1. The van der Waals surface area contributed by atoms with Crippen LogP contribution in [0.15, 0.2) is 30.3 Å². The summed E-state index contributed by atoms with van der Waals surface area (Å²) in [5.41, 5.74) is 2.30. The summed E-state index contributed by atoms with van der Waals surface area (Å²) < 4.78 is 2.14. The molecule has 3 rings (SSSR count). The third kappa shape index (κ3) is 2.77. The smallest absolute Gasteiger partial charge is 0.242 e. The molecule has 3 nitrogen and oxygen atoms in total. The molecule has 0 radical (unpaired) electrons. The lowest BCUT2D eigenvalue weighted by atomic mass is 9.85. The fourth-order valence-corrected chi connectivity index (χ4v) is 3.86. The number of para-hydroxylation sites is 1. The predicted molar refractivity (Wildman–Crippen MR) is 90.9 cm³/mol. The molecule has 22 heavy (non-hydrogen) atoms. The number of nitrogens with zero attached hydrogens (tertiary/aromatic N) is 2. The molecule has 2 aromatic rings. The van der Waals surface area contributed by atoms with Crippen LogP contribution in [-0.2, 0) is 11.3 Å². The van der Waals surface area contributed by atoms with Gasteiger partial charge in [-0.25, -0.2) is 0 Å². The minimum Gasteiger partial charge on any atom is -0.341 e. The molecule has 0 aliphatic heterocycles. The Kier molecular flexibility index (Phi) is 4.23. The number of carbonyl (C=O) groups excluding carboxylic acids is 1.